The highest BCUT2D eigenvalue weighted by atomic mass is 16.1. The molecule has 0 aromatic carbocycles. The summed E-state index contributed by atoms with van der Waals surface area (Å²) in [6.07, 6.45) is 8.16. The average molecular weight is 208 g/mol. The third kappa shape index (κ3) is 7.12. The SMILES string of the molecule is CC=C(C)C=CC(CCC(C)=O)C(C)C. The Morgan fingerprint density at radius 3 is 2.27 bits per heavy atom. The van der Waals surface area contributed by atoms with Crippen molar-refractivity contribution in [2.45, 2.75) is 47.5 Å². The molecule has 86 valence electrons. The molecule has 0 aliphatic carbocycles. The average Bonchev–Trinajstić information content (AvgIpc) is 2.16. The number of carbonyl (C=O) groups excluding carboxylic acids is 1. The van der Waals surface area contributed by atoms with Gasteiger partial charge in [0.1, 0.15) is 5.78 Å². The Kier molecular flexibility index (Phi) is 7.02. The molecule has 0 rings (SSSR count). The maximum atomic E-state index is 10.9. The molecule has 0 spiro atoms. The molecule has 0 saturated carbocycles. The molecule has 1 unspecified atom stereocenters. The highest BCUT2D eigenvalue weighted by Crippen LogP contribution is 2.19. The van der Waals surface area contributed by atoms with Crippen molar-refractivity contribution in [2.24, 2.45) is 11.8 Å². The van der Waals surface area contributed by atoms with E-state index in [2.05, 4.69) is 39.0 Å². The molecule has 1 nitrogen and oxygen atoms in total. The second-order valence-corrected chi connectivity index (χ2v) is 4.54. The predicted octanol–water partition coefficient (Wildman–Crippen LogP) is 4.15. The summed E-state index contributed by atoms with van der Waals surface area (Å²) in [4.78, 5) is 10.9. The van der Waals surface area contributed by atoms with Crippen molar-refractivity contribution in [3.8, 4) is 0 Å². The Balaban J connectivity index is 4.28. The quantitative estimate of drug-likeness (QED) is 0.599. The van der Waals surface area contributed by atoms with Gasteiger partial charge in [-0.3, -0.25) is 0 Å². The second-order valence-electron chi connectivity index (χ2n) is 4.54. The molecule has 15 heavy (non-hydrogen) atoms. The minimum atomic E-state index is 0.289. The van der Waals surface area contributed by atoms with Crippen LogP contribution in [0.4, 0.5) is 0 Å². The van der Waals surface area contributed by atoms with E-state index in [4.69, 9.17) is 0 Å². The monoisotopic (exact) mass is 208 g/mol. The first kappa shape index (κ1) is 14.2. The third-order valence-electron chi connectivity index (χ3n) is 2.75. The van der Waals surface area contributed by atoms with Gasteiger partial charge in [-0.25, -0.2) is 0 Å². The van der Waals surface area contributed by atoms with Crippen LogP contribution in [0.3, 0.4) is 0 Å². The smallest absolute Gasteiger partial charge is 0.129 e. The fraction of sp³-hybridized carbons (Fsp3) is 0.643. The summed E-state index contributed by atoms with van der Waals surface area (Å²) in [5.74, 6) is 1.41. The molecule has 0 N–H and O–H groups in total. The molecular formula is C14H24O. The number of rotatable bonds is 6. The first-order valence-corrected chi connectivity index (χ1v) is 5.78. The molecule has 0 heterocycles. The topological polar surface area (TPSA) is 17.1 Å². The van der Waals surface area contributed by atoms with Crippen molar-refractivity contribution < 1.29 is 4.79 Å². The van der Waals surface area contributed by atoms with Crippen LogP contribution in [0.2, 0.25) is 0 Å². The molecule has 0 fully saturated rings. The summed E-state index contributed by atoms with van der Waals surface area (Å²) in [6, 6.07) is 0. The summed E-state index contributed by atoms with van der Waals surface area (Å²) < 4.78 is 0. The Labute approximate surface area is 94.3 Å². The van der Waals surface area contributed by atoms with Crippen LogP contribution >= 0.6 is 0 Å². The van der Waals surface area contributed by atoms with Gasteiger partial charge in [0.05, 0.1) is 0 Å². The van der Waals surface area contributed by atoms with Crippen LogP contribution < -0.4 is 0 Å². The van der Waals surface area contributed by atoms with Crippen molar-refractivity contribution >= 4 is 5.78 Å². The van der Waals surface area contributed by atoms with E-state index in [0.717, 1.165) is 6.42 Å². The molecule has 0 bridgehead atoms. The summed E-state index contributed by atoms with van der Waals surface area (Å²) in [6.45, 7) is 10.2. The fourth-order valence-electron chi connectivity index (χ4n) is 1.39. The molecule has 0 aliphatic heterocycles. The standard InChI is InChI=1S/C14H24O/c1-6-12(4)7-9-14(11(2)3)10-8-13(5)15/h6-7,9,11,14H,8,10H2,1-5H3. The molecule has 0 radical (unpaired) electrons. The second kappa shape index (κ2) is 7.44. The number of hydrogen-bond acceptors (Lipinski definition) is 1. The van der Waals surface area contributed by atoms with Crippen LogP contribution in [0, 0.1) is 11.8 Å². The number of hydrogen-bond donors (Lipinski definition) is 0. The van der Waals surface area contributed by atoms with Gasteiger partial charge in [-0.15, -0.1) is 0 Å². The lowest BCUT2D eigenvalue weighted by molar-refractivity contribution is -0.117. The summed E-state index contributed by atoms with van der Waals surface area (Å²) >= 11 is 0. The van der Waals surface area contributed by atoms with E-state index >= 15 is 0 Å². The maximum absolute atomic E-state index is 10.9. The number of carbonyl (C=O) groups is 1. The molecule has 0 aromatic rings. The lowest BCUT2D eigenvalue weighted by atomic mass is 9.89. The fourth-order valence-corrected chi connectivity index (χ4v) is 1.39. The van der Waals surface area contributed by atoms with Crippen molar-refractivity contribution in [1.82, 2.24) is 0 Å². The minimum Gasteiger partial charge on any atom is -0.300 e. The zero-order valence-corrected chi connectivity index (χ0v) is 10.7. The van der Waals surface area contributed by atoms with Crippen molar-refractivity contribution in [3.05, 3.63) is 23.8 Å². The van der Waals surface area contributed by atoms with Gasteiger partial charge in [-0.05, 0) is 39.0 Å². The van der Waals surface area contributed by atoms with E-state index in [1.165, 1.54) is 5.57 Å². The molecule has 1 heteroatoms. The highest BCUT2D eigenvalue weighted by molar-refractivity contribution is 5.75. The zero-order valence-electron chi connectivity index (χ0n) is 10.7. The molecule has 0 aromatic heterocycles. The van der Waals surface area contributed by atoms with Gasteiger partial charge < -0.3 is 4.79 Å². The van der Waals surface area contributed by atoms with Gasteiger partial charge in [0.25, 0.3) is 0 Å². The summed E-state index contributed by atoms with van der Waals surface area (Å²) in [5, 5.41) is 0. The highest BCUT2D eigenvalue weighted by Gasteiger charge is 2.10. The van der Waals surface area contributed by atoms with Crippen LogP contribution in [-0.4, -0.2) is 5.78 Å². The van der Waals surface area contributed by atoms with Crippen LogP contribution in [0.1, 0.15) is 47.5 Å². The van der Waals surface area contributed by atoms with Gasteiger partial charge in [0.2, 0.25) is 0 Å². The Morgan fingerprint density at radius 1 is 1.27 bits per heavy atom. The molecule has 0 saturated heterocycles. The number of allylic oxidation sites excluding steroid dienone is 4. The van der Waals surface area contributed by atoms with E-state index < -0.39 is 0 Å². The Hall–Kier alpha value is -0.850. The largest absolute Gasteiger partial charge is 0.300 e. The van der Waals surface area contributed by atoms with E-state index in [-0.39, 0.29) is 5.78 Å². The van der Waals surface area contributed by atoms with Gasteiger partial charge in [-0.2, -0.15) is 0 Å². The van der Waals surface area contributed by atoms with E-state index in [0.29, 0.717) is 18.3 Å². The van der Waals surface area contributed by atoms with Gasteiger partial charge >= 0.3 is 0 Å². The zero-order chi connectivity index (χ0) is 11.8. The molecular weight excluding hydrogens is 184 g/mol. The first-order chi connectivity index (χ1) is 6.97. The van der Waals surface area contributed by atoms with Gasteiger partial charge in [0, 0.05) is 6.42 Å². The van der Waals surface area contributed by atoms with Crippen molar-refractivity contribution in [1.29, 1.82) is 0 Å². The lowest BCUT2D eigenvalue weighted by Crippen LogP contribution is -2.07. The third-order valence-corrected chi connectivity index (χ3v) is 2.75. The summed E-state index contributed by atoms with van der Waals surface area (Å²) in [5.41, 5.74) is 1.28. The first-order valence-electron chi connectivity index (χ1n) is 5.78. The van der Waals surface area contributed by atoms with Gasteiger partial charge in [0.15, 0.2) is 0 Å². The van der Waals surface area contributed by atoms with Crippen LogP contribution in [-0.2, 0) is 4.79 Å². The van der Waals surface area contributed by atoms with Crippen molar-refractivity contribution in [2.75, 3.05) is 0 Å². The summed E-state index contributed by atoms with van der Waals surface area (Å²) in [7, 11) is 0. The Morgan fingerprint density at radius 2 is 1.87 bits per heavy atom. The van der Waals surface area contributed by atoms with Crippen LogP contribution in [0.15, 0.2) is 23.8 Å². The minimum absolute atomic E-state index is 0.289. The van der Waals surface area contributed by atoms with E-state index in [9.17, 15) is 4.79 Å². The van der Waals surface area contributed by atoms with Crippen molar-refractivity contribution in [3.63, 3.8) is 0 Å². The van der Waals surface area contributed by atoms with E-state index in [1.807, 2.05) is 6.92 Å². The van der Waals surface area contributed by atoms with Gasteiger partial charge in [-0.1, -0.05) is 37.6 Å². The molecule has 0 aliphatic rings. The predicted molar refractivity (Wildman–Crippen MR) is 66.8 cm³/mol. The molecule has 0 amide bonds. The maximum Gasteiger partial charge on any atom is 0.129 e. The normalized spacial score (nSPS) is 14.9. The number of ketones is 1. The van der Waals surface area contributed by atoms with Crippen LogP contribution in [0.5, 0.6) is 0 Å². The van der Waals surface area contributed by atoms with E-state index in [1.54, 1.807) is 6.92 Å². The Bertz CT molecular complexity index is 246. The molecule has 1 atom stereocenters. The lowest BCUT2D eigenvalue weighted by Gasteiger charge is -2.16. The number of Topliss-reactive ketones (excluding diaryl/α,β-unsaturated/α-hetero) is 1. The van der Waals surface area contributed by atoms with Crippen LogP contribution in [0.25, 0.3) is 0 Å².